The Hall–Kier alpha value is -2.95. The van der Waals surface area contributed by atoms with Crippen LogP contribution in [-0.2, 0) is 0 Å². The highest BCUT2D eigenvalue weighted by molar-refractivity contribution is 5.80. The van der Waals surface area contributed by atoms with Crippen LogP contribution in [0.5, 0.6) is 0 Å². The minimum Gasteiger partial charge on any atom is -0.436 e. The Bertz CT molecular complexity index is 954. The van der Waals surface area contributed by atoms with Crippen molar-refractivity contribution < 1.29 is 4.42 Å². The maximum atomic E-state index is 5.96. The molecule has 5 heteroatoms. The van der Waals surface area contributed by atoms with Gasteiger partial charge in [0, 0.05) is 11.3 Å². The van der Waals surface area contributed by atoms with Crippen LogP contribution in [0, 0.1) is 13.8 Å². The molecule has 0 saturated carbocycles. The number of hydrogen-bond donors (Lipinski definition) is 0. The quantitative estimate of drug-likeness (QED) is 0.565. The van der Waals surface area contributed by atoms with Crippen LogP contribution < -0.4 is 0 Å². The van der Waals surface area contributed by atoms with E-state index >= 15 is 0 Å². The summed E-state index contributed by atoms with van der Waals surface area (Å²) in [5, 5.41) is 7.66. The summed E-state index contributed by atoms with van der Waals surface area (Å²) in [7, 11) is 0. The van der Waals surface area contributed by atoms with Crippen LogP contribution in [0.25, 0.3) is 28.2 Å². The number of hydrogen-bond acceptors (Lipinski definition) is 4. The van der Waals surface area contributed by atoms with Crippen molar-refractivity contribution in [3.05, 3.63) is 60.2 Å². The molecule has 0 atom stereocenters. The van der Waals surface area contributed by atoms with Crippen LogP contribution in [0.15, 0.2) is 53.5 Å². The minimum absolute atomic E-state index is 0.624. The second kappa shape index (κ2) is 4.80. The largest absolute Gasteiger partial charge is 0.436 e. The zero-order valence-electron chi connectivity index (χ0n) is 12.3. The fourth-order valence-electron chi connectivity index (χ4n) is 2.63. The molecule has 4 rings (SSSR count). The van der Waals surface area contributed by atoms with Crippen molar-refractivity contribution >= 4 is 11.1 Å². The van der Waals surface area contributed by atoms with E-state index in [1.165, 1.54) is 5.56 Å². The smallest absolute Gasteiger partial charge is 0.227 e. The topological polar surface area (TPSA) is 56.7 Å². The lowest BCUT2D eigenvalue weighted by Crippen LogP contribution is -1.90. The molecule has 2 aromatic carbocycles. The Kier molecular flexibility index (Phi) is 2.79. The van der Waals surface area contributed by atoms with E-state index in [0.29, 0.717) is 5.89 Å². The van der Waals surface area contributed by atoms with Crippen molar-refractivity contribution in [3.63, 3.8) is 0 Å². The number of aromatic nitrogens is 4. The lowest BCUT2D eigenvalue weighted by molar-refractivity contribution is 0.617. The molecular formula is C17H14N4O. The summed E-state index contributed by atoms with van der Waals surface area (Å²) >= 11 is 0. The first-order chi connectivity index (χ1) is 10.7. The monoisotopic (exact) mass is 290 g/mol. The first-order valence-electron chi connectivity index (χ1n) is 7.04. The summed E-state index contributed by atoms with van der Waals surface area (Å²) in [5.74, 6) is 0.624. The molecule has 2 aromatic heterocycles. The average Bonchev–Trinajstić information content (AvgIpc) is 3.16. The van der Waals surface area contributed by atoms with Gasteiger partial charge in [0.1, 0.15) is 18.2 Å². The third-order valence-electron chi connectivity index (χ3n) is 3.63. The van der Waals surface area contributed by atoms with Gasteiger partial charge < -0.3 is 4.42 Å². The molecular weight excluding hydrogens is 276 g/mol. The second-order valence-electron chi connectivity index (χ2n) is 5.37. The van der Waals surface area contributed by atoms with Crippen LogP contribution >= 0.6 is 0 Å². The van der Waals surface area contributed by atoms with E-state index in [-0.39, 0.29) is 0 Å². The normalized spacial score (nSPS) is 11.2. The van der Waals surface area contributed by atoms with Gasteiger partial charge in [-0.3, -0.25) is 4.57 Å². The van der Waals surface area contributed by atoms with Crippen LogP contribution in [0.1, 0.15) is 11.1 Å². The number of rotatable bonds is 2. The van der Waals surface area contributed by atoms with Gasteiger partial charge in [-0.1, -0.05) is 12.1 Å². The Morgan fingerprint density at radius 3 is 2.64 bits per heavy atom. The van der Waals surface area contributed by atoms with E-state index in [0.717, 1.165) is 27.9 Å². The van der Waals surface area contributed by atoms with E-state index in [2.05, 4.69) is 28.2 Å². The van der Waals surface area contributed by atoms with Crippen molar-refractivity contribution in [3.8, 4) is 17.1 Å². The summed E-state index contributed by atoms with van der Waals surface area (Å²) < 4.78 is 7.81. The molecule has 22 heavy (non-hydrogen) atoms. The fraction of sp³-hybridized carbons (Fsp3) is 0.118. The molecule has 0 bridgehead atoms. The highest BCUT2D eigenvalue weighted by atomic mass is 16.3. The van der Waals surface area contributed by atoms with Crippen molar-refractivity contribution in [1.82, 2.24) is 19.7 Å². The standard InChI is InChI=1S/C17H14N4O/c1-11-6-12(2)16-15(7-11)20-17(22-16)13-4-3-5-14(8-13)21-9-18-19-10-21/h3-10H,1-2H3. The summed E-state index contributed by atoms with van der Waals surface area (Å²) in [6, 6.07) is 12.1. The number of nitrogens with zero attached hydrogens (tertiary/aromatic N) is 4. The number of aryl methyl sites for hydroxylation is 2. The van der Waals surface area contributed by atoms with Crippen molar-refractivity contribution in [2.75, 3.05) is 0 Å². The predicted molar refractivity (Wildman–Crippen MR) is 83.8 cm³/mol. The number of benzene rings is 2. The van der Waals surface area contributed by atoms with Crippen molar-refractivity contribution in [1.29, 1.82) is 0 Å². The number of oxazole rings is 1. The zero-order chi connectivity index (χ0) is 15.1. The summed E-state index contributed by atoms with van der Waals surface area (Å²) in [4.78, 5) is 4.62. The molecule has 0 amide bonds. The van der Waals surface area contributed by atoms with Gasteiger partial charge >= 0.3 is 0 Å². The van der Waals surface area contributed by atoms with Crippen LogP contribution in [0.4, 0.5) is 0 Å². The van der Waals surface area contributed by atoms with Gasteiger partial charge in [0.05, 0.1) is 0 Å². The molecule has 2 heterocycles. The van der Waals surface area contributed by atoms with Gasteiger partial charge in [0.25, 0.3) is 0 Å². The lowest BCUT2D eigenvalue weighted by Gasteiger charge is -2.02. The molecule has 0 aliphatic rings. The van der Waals surface area contributed by atoms with E-state index in [4.69, 9.17) is 4.42 Å². The second-order valence-corrected chi connectivity index (χ2v) is 5.37. The van der Waals surface area contributed by atoms with Gasteiger partial charge in [0.2, 0.25) is 5.89 Å². The number of fused-ring (bicyclic) bond motifs is 1. The molecule has 0 fully saturated rings. The van der Waals surface area contributed by atoms with Gasteiger partial charge in [0.15, 0.2) is 5.58 Å². The van der Waals surface area contributed by atoms with E-state index in [1.54, 1.807) is 12.7 Å². The van der Waals surface area contributed by atoms with E-state index in [1.807, 2.05) is 41.8 Å². The molecule has 4 aromatic rings. The molecule has 0 N–H and O–H groups in total. The van der Waals surface area contributed by atoms with E-state index in [9.17, 15) is 0 Å². The fourth-order valence-corrected chi connectivity index (χ4v) is 2.63. The summed E-state index contributed by atoms with van der Waals surface area (Å²) in [6.07, 6.45) is 3.33. The minimum atomic E-state index is 0.624. The maximum absolute atomic E-state index is 5.96. The van der Waals surface area contributed by atoms with Crippen molar-refractivity contribution in [2.24, 2.45) is 0 Å². The first-order valence-corrected chi connectivity index (χ1v) is 7.04. The molecule has 108 valence electrons. The van der Waals surface area contributed by atoms with Gasteiger partial charge in [-0.25, -0.2) is 4.98 Å². The molecule has 0 aliphatic carbocycles. The molecule has 0 radical (unpaired) electrons. The Morgan fingerprint density at radius 2 is 1.82 bits per heavy atom. The summed E-state index contributed by atoms with van der Waals surface area (Å²) in [6.45, 7) is 4.10. The highest BCUT2D eigenvalue weighted by Crippen LogP contribution is 2.28. The Morgan fingerprint density at radius 1 is 1.00 bits per heavy atom. The van der Waals surface area contributed by atoms with Crippen LogP contribution in [0.2, 0.25) is 0 Å². The average molecular weight is 290 g/mol. The Labute approximate surface area is 127 Å². The van der Waals surface area contributed by atoms with Gasteiger partial charge in [-0.15, -0.1) is 10.2 Å². The zero-order valence-corrected chi connectivity index (χ0v) is 12.3. The predicted octanol–water partition coefficient (Wildman–Crippen LogP) is 3.69. The SMILES string of the molecule is Cc1cc(C)c2oc(-c3cccc(-n4cnnc4)c3)nc2c1. The maximum Gasteiger partial charge on any atom is 0.227 e. The van der Waals surface area contributed by atoms with Crippen LogP contribution in [-0.4, -0.2) is 19.7 Å². The van der Waals surface area contributed by atoms with Gasteiger partial charge in [-0.2, -0.15) is 0 Å². The lowest BCUT2D eigenvalue weighted by atomic mass is 10.1. The highest BCUT2D eigenvalue weighted by Gasteiger charge is 2.11. The summed E-state index contributed by atoms with van der Waals surface area (Å²) in [5.41, 5.74) is 5.92. The van der Waals surface area contributed by atoms with E-state index < -0.39 is 0 Å². The van der Waals surface area contributed by atoms with Crippen LogP contribution in [0.3, 0.4) is 0 Å². The molecule has 0 unspecified atom stereocenters. The molecule has 5 nitrogen and oxygen atoms in total. The molecule has 0 aliphatic heterocycles. The molecule has 0 spiro atoms. The Balaban J connectivity index is 1.85. The van der Waals surface area contributed by atoms with Crippen molar-refractivity contribution in [2.45, 2.75) is 13.8 Å². The third kappa shape index (κ3) is 2.07. The first kappa shape index (κ1) is 12.8. The molecule has 0 saturated heterocycles. The van der Waals surface area contributed by atoms with Gasteiger partial charge in [-0.05, 0) is 49.2 Å². The third-order valence-corrected chi connectivity index (χ3v) is 3.63.